The summed E-state index contributed by atoms with van der Waals surface area (Å²) in [6.07, 6.45) is 2.66. The summed E-state index contributed by atoms with van der Waals surface area (Å²) in [7, 11) is 0. The SMILES string of the molecule is Cc1c(-c2ccccc2)[nH]c2c1C(=O)CCC2. The first-order chi connectivity index (χ1) is 8.27. The molecule has 3 rings (SSSR count). The number of carbonyl (C=O) groups is 1. The van der Waals surface area contributed by atoms with Crippen molar-refractivity contribution >= 4 is 5.78 Å². The Morgan fingerprint density at radius 3 is 2.59 bits per heavy atom. The fourth-order valence-corrected chi connectivity index (χ4v) is 2.67. The van der Waals surface area contributed by atoms with Crippen LogP contribution < -0.4 is 0 Å². The molecule has 86 valence electrons. The lowest BCUT2D eigenvalue weighted by Gasteiger charge is -2.09. The summed E-state index contributed by atoms with van der Waals surface area (Å²) in [5, 5.41) is 0. The predicted molar refractivity (Wildman–Crippen MR) is 68.2 cm³/mol. The Labute approximate surface area is 101 Å². The average Bonchev–Trinajstić information content (AvgIpc) is 2.69. The van der Waals surface area contributed by atoms with Crippen molar-refractivity contribution in [1.29, 1.82) is 0 Å². The molecule has 2 heteroatoms. The van der Waals surface area contributed by atoms with Crippen molar-refractivity contribution in [2.24, 2.45) is 0 Å². The Balaban J connectivity index is 2.17. The summed E-state index contributed by atoms with van der Waals surface area (Å²) in [6.45, 7) is 2.04. The van der Waals surface area contributed by atoms with E-state index in [0.717, 1.165) is 40.9 Å². The first-order valence-electron chi connectivity index (χ1n) is 6.07. The molecule has 0 radical (unpaired) electrons. The maximum absolute atomic E-state index is 11.9. The first-order valence-corrected chi connectivity index (χ1v) is 6.07. The summed E-state index contributed by atoms with van der Waals surface area (Å²) in [5.74, 6) is 0.294. The minimum Gasteiger partial charge on any atom is -0.358 e. The van der Waals surface area contributed by atoms with Gasteiger partial charge < -0.3 is 4.98 Å². The number of aryl methyl sites for hydroxylation is 1. The second-order valence-electron chi connectivity index (χ2n) is 4.62. The second-order valence-corrected chi connectivity index (χ2v) is 4.62. The van der Waals surface area contributed by atoms with Crippen molar-refractivity contribution in [3.05, 3.63) is 47.2 Å². The van der Waals surface area contributed by atoms with Crippen LogP contribution in [-0.4, -0.2) is 10.8 Å². The molecule has 1 aromatic carbocycles. The highest BCUT2D eigenvalue weighted by Gasteiger charge is 2.23. The second kappa shape index (κ2) is 3.88. The number of Topliss-reactive ketones (excluding diaryl/α,β-unsaturated/α-hetero) is 1. The molecular weight excluding hydrogens is 210 g/mol. The van der Waals surface area contributed by atoms with Gasteiger partial charge in [0, 0.05) is 23.4 Å². The standard InChI is InChI=1S/C15H15NO/c1-10-14-12(8-5-9-13(14)17)16-15(10)11-6-3-2-4-7-11/h2-4,6-7,16H,5,8-9H2,1H3. The molecule has 1 aliphatic carbocycles. The lowest BCUT2D eigenvalue weighted by Crippen LogP contribution is -2.09. The van der Waals surface area contributed by atoms with Gasteiger partial charge in [0.15, 0.2) is 5.78 Å². The van der Waals surface area contributed by atoms with Gasteiger partial charge in [-0.2, -0.15) is 0 Å². The van der Waals surface area contributed by atoms with Crippen LogP contribution in [-0.2, 0) is 6.42 Å². The van der Waals surface area contributed by atoms with E-state index in [0.29, 0.717) is 12.2 Å². The number of ketones is 1. The highest BCUT2D eigenvalue weighted by atomic mass is 16.1. The summed E-state index contributed by atoms with van der Waals surface area (Å²) < 4.78 is 0. The van der Waals surface area contributed by atoms with Gasteiger partial charge in [-0.05, 0) is 30.9 Å². The first kappa shape index (κ1) is 10.3. The quantitative estimate of drug-likeness (QED) is 0.791. The summed E-state index contributed by atoms with van der Waals surface area (Å²) in [6, 6.07) is 10.2. The predicted octanol–water partition coefficient (Wildman–Crippen LogP) is 3.51. The number of hydrogen-bond acceptors (Lipinski definition) is 1. The van der Waals surface area contributed by atoms with Gasteiger partial charge in [0.1, 0.15) is 0 Å². The van der Waals surface area contributed by atoms with Crippen LogP contribution in [0.25, 0.3) is 11.3 Å². The highest BCUT2D eigenvalue weighted by Crippen LogP contribution is 2.31. The Hall–Kier alpha value is -1.83. The number of hydrogen-bond donors (Lipinski definition) is 1. The Morgan fingerprint density at radius 1 is 1.12 bits per heavy atom. The zero-order valence-corrected chi connectivity index (χ0v) is 9.92. The molecule has 0 atom stereocenters. The molecule has 1 N–H and O–H groups in total. The van der Waals surface area contributed by atoms with E-state index in [4.69, 9.17) is 0 Å². The van der Waals surface area contributed by atoms with E-state index in [-0.39, 0.29) is 0 Å². The van der Waals surface area contributed by atoms with Crippen LogP contribution in [0.5, 0.6) is 0 Å². The van der Waals surface area contributed by atoms with Crippen LogP contribution in [0.3, 0.4) is 0 Å². The van der Waals surface area contributed by atoms with E-state index in [9.17, 15) is 4.79 Å². The van der Waals surface area contributed by atoms with Crippen molar-refractivity contribution in [2.75, 3.05) is 0 Å². The topological polar surface area (TPSA) is 32.9 Å². The summed E-state index contributed by atoms with van der Waals surface area (Å²) >= 11 is 0. The fourth-order valence-electron chi connectivity index (χ4n) is 2.67. The van der Waals surface area contributed by atoms with Crippen molar-refractivity contribution in [3.8, 4) is 11.3 Å². The summed E-state index contributed by atoms with van der Waals surface area (Å²) in [5.41, 5.74) is 5.43. The van der Waals surface area contributed by atoms with E-state index in [2.05, 4.69) is 17.1 Å². The van der Waals surface area contributed by atoms with Crippen LogP contribution in [0, 0.1) is 6.92 Å². The van der Waals surface area contributed by atoms with Crippen molar-refractivity contribution in [1.82, 2.24) is 4.98 Å². The minimum atomic E-state index is 0.294. The molecule has 1 aliphatic rings. The molecule has 0 amide bonds. The van der Waals surface area contributed by atoms with Gasteiger partial charge in [0.05, 0.1) is 0 Å². The molecule has 1 aromatic heterocycles. The molecule has 0 fully saturated rings. The van der Waals surface area contributed by atoms with Gasteiger partial charge in [-0.3, -0.25) is 4.79 Å². The lowest BCUT2D eigenvalue weighted by atomic mass is 9.93. The molecule has 1 heterocycles. The van der Waals surface area contributed by atoms with Gasteiger partial charge >= 0.3 is 0 Å². The molecule has 2 aromatic rings. The fraction of sp³-hybridized carbons (Fsp3) is 0.267. The maximum Gasteiger partial charge on any atom is 0.164 e. The number of fused-ring (bicyclic) bond motifs is 1. The van der Waals surface area contributed by atoms with Crippen LogP contribution in [0.4, 0.5) is 0 Å². The van der Waals surface area contributed by atoms with Crippen molar-refractivity contribution < 1.29 is 4.79 Å². The van der Waals surface area contributed by atoms with Gasteiger partial charge in [0.25, 0.3) is 0 Å². The van der Waals surface area contributed by atoms with Gasteiger partial charge in [-0.25, -0.2) is 0 Å². The Morgan fingerprint density at radius 2 is 1.88 bits per heavy atom. The zero-order chi connectivity index (χ0) is 11.8. The van der Waals surface area contributed by atoms with Crippen molar-refractivity contribution in [3.63, 3.8) is 0 Å². The monoisotopic (exact) mass is 225 g/mol. The van der Waals surface area contributed by atoms with Gasteiger partial charge in [-0.15, -0.1) is 0 Å². The molecule has 17 heavy (non-hydrogen) atoms. The smallest absolute Gasteiger partial charge is 0.164 e. The highest BCUT2D eigenvalue weighted by molar-refractivity contribution is 6.01. The maximum atomic E-state index is 11.9. The zero-order valence-electron chi connectivity index (χ0n) is 9.92. The number of carbonyl (C=O) groups excluding carboxylic acids is 1. The molecular formula is C15H15NO. The third-order valence-electron chi connectivity index (χ3n) is 3.50. The van der Waals surface area contributed by atoms with Crippen LogP contribution in [0.15, 0.2) is 30.3 Å². The van der Waals surface area contributed by atoms with Gasteiger partial charge in [0.2, 0.25) is 0 Å². The third kappa shape index (κ3) is 1.60. The molecule has 0 saturated heterocycles. The van der Waals surface area contributed by atoms with E-state index in [1.54, 1.807) is 0 Å². The molecule has 2 nitrogen and oxygen atoms in total. The normalized spacial score (nSPS) is 14.8. The average molecular weight is 225 g/mol. The number of H-pyrrole nitrogens is 1. The number of rotatable bonds is 1. The number of nitrogens with one attached hydrogen (secondary N) is 1. The molecule has 0 bridgehead atoms. The number of aromatic amines is 1. The van der Waals surface area contributed by atoms with Gasteiger partial charge in [-0.1, -0.05) is 30.3 Å². The Kier molecular flexibility index (Phi) is 2.36. The molecule has 0 saturated carbocycles. The molecule has 0 unspecified atom stereocenters. The lowest BCUT2D eigenvalue weighted by molar-refractivity contribution is 0.0972. The van der Waals surface area contributed by atoms with E-state index < -0.39 is 0 Å². The largest absolute Gasteiger partial charge is 0.358 e. The summed E-state index contributed by atoms with van der Waals surface area (Å²) in [4.78, 5) is 15.4. The van der Waals surface area contributed by atoms with Crippen LogP contribution in [0.2, 0.25) is 0 Å². The van der Waals surface area contributed by atoms with E-state index in [1.165, 1.54) is 0 Å². The molecule has 0 aliphatic heterocycles. The van der Waals surface area contributed by atoms with E-state index in [1.807, 2.05) is 25.1 Å². The minimum absolute atomic E-state index is 0.294. The van der Waals surface area contributed by atoms with E-state index >= 15 is 0 Å². The molecule has 0 spiro atoms. The van der Waals surface area contributed by atoms with Crippen molar-refractivity contribution in [2.45, 2.75) is 26.2 Å². The van der Waals surface area contributed by atoms with Crippen LogP contribution in [0.1, 0.15) is 34.5 Å². The third-order valence-corrected chi connectivity index (χ3v) is 3.50. The Bertz CT molecular complexity index is 566. The number of aromatic nitrogens is 1. The van der Waals surface area contributed by atoms with Crippen LogP contribution >= 0.6 is 0 Å². The number of benzene rings is 1.